The summed E-state index contributed by atoms with van der Waals surface area (Å²) in [5.41, 5.74) is 1.02. The molecule has 1 N–H and O–H groups in total. The molecule has 2 bridgehead atoms. The van der Waals surface area contributed by atoms with Gasteiger partial charge in [-0.05, 0) is 67.3 Å². The lowest BCUT2D eigenvalue weighted by Gasteiger charge is -2.53. The SMILES string of the molecule is O=C(O)COCCC12CCC(c3cccc(Oc4cccnc4)c3)(CC1)OC2. The Morgan fingerprint density at radius 3 is 2.64 bits per heavy atom. The van der Waals surface area contributed by atoms with E-state index in [-0.39, 0.29) is 17.6 Å². The minimum absolute atomic E-state index is 0.115. The van der Waals surface area contributed by atoms with Crippen molar-refractivity contribution in [2.45, 2.75) is 37.7 Å². The first-order chi connectivity index (χ1) is 13.6. The van der Waals surface area contributed by atoms with E-state index in [1.165, 1.54) is 0 Å². The van der Waals surface area contributed by atoms with E-state index in [1.807, 2.05) is 24.3 Å². The number of benzene rings is 1. The van der Waals surface area contributed by atoms with Crippen LogP contribution in [0.4, 0.5) is 0 Å². The Morgan fingerprint density at radius 1 is 1.14 bits per heavy atom. The van der Waals surface area contributed by atoms with Crippen LogP contribution in [-0.2, 0) is 19.9 Å². The predicted octanol–water partition coefficient (Wildman–Crippen LogP) is 4.15. The highest BCUT2D eigenvalue weighted by Gasteiger charge is 2.50. The zero-order chi connectivity index (χ0) is 19.5. The number of nitrogens with zero attached hydrogens (tertiary/aromatic N) is 1. The maximum absolute atomic E-state index is 10.6. The third-order valence-corrected chi connectivity index (χ3v) is 6.01. The topological polar surface area (TPSA) is 77.9 Å². The summed E-state index contributed by atoms with van der Waals surface area (Å²) in [6.45, 7) is 0.929. The Balaban J connectivity index is 1.40. The van der Waals surface area contributed by atoms with Crippen LogP contribution in [-0.4, -0.2) is 35.9 Å². The average molecular weight is 383 g/mol. The van der Waals surface area contributed by atoms with Gasteiger partial charge in [-0.25, -0.2) is 4.79 Å². The lowest BCUT2D eigenvalue weighted by Crippen LogP contribution is -2.49. The predicted molar refractivity (Wildman–Crippen MR) is 102 cm³/mol. The molecule has 28 heavy (non-hydrogen) atoms. The maximum Gasteiger partial charge on any atom is 0.329 e. The summed E-state index contributed by atoms with van der Waals surface area (Å²) in [5, 5.41) is 8.69. The van der Waals surface area contributed by atoms with E-state index in [9.17, 15) is 4.79 Å². The van der Waals surface area contributed by atoms with Crippen LogP contribution >= 0.6 is 0 Å². The summed E-state index contributed by atoms with van der Waals surface area (Å²) in [5.74, 6) is 0.576. The lowest BCUT2D eigenvalue weighted by molar-refractivity contribution is -0.194. The van der Waals surface area contributed by atoms with Gasteiger partial charge in [0, 0.05) is 12.8 Å². The van der Waals surface area contributed by atoms with E-state index in [1.54, 1.807) is 12.4 Å². The molecule has 6 nitrogen and oxygen atoms in total. The van der Waals surface area contributed by atoms with Crippen LogP contribution in [0, 0.1) is 5.41 Å². The molecule has 1 aliphatic carbocycles. The number of carbonyl (C=O) groups is 1. The first-order valence-electron chi connectivity index (χ1n) is 9.71. The Labute approximate surface area is 164 Å². The molecule has 148 valence electrons. The van der Waals surface area contributed by atoms with Crippen molar-refractivity contribution in [2.75, 3.05) is 19.8 Å². The summed E-state index contributed by atoms with van der Waals surface area (Å²) in [6, 6.07) is 11.9. The smallest absolute Gasteiger partial charge is 0.329 e. The first kappa shape index (κ1) is 18.9. The molecule has 2 saturated heterocycles. The van der Waals surface area contributed by atoms with E-state index >= 15 is 0 Å². The number of carboxylic acids is 1. The fourth-order valence-corrected chi connectivity index (χ4v) is 4.29. The first-order valence-corrected chi connectivity index (χ1v) is 9.71. The summed E-state index contributed by atoms with van der Waals surface area (Å²) in [7, 11) is 0. The van der Waals surface area contributed by atoms with Gasteiger partial charge in [-0.1, -0.05) is 12.1 Å². The van der Waals surface area contributed by atoms with Gasteiger partial charge in [0.1, 0.15) is 18.1 Å². The van der Waals surface area contributed by atoms with Crippen LogP contribution < -0.4 is 4.74 Å². The fourth-order valence-electron chi connectivity index (χ4n) is 4.29. The molecule has 3 heterocycles. The monoisotopic (exact) mass is 383 g/mol. The zero-order valence-electron chi connectivity index (χ0n) is 15.8. The summed E-state index contributed by atoms with van der Waals surface area (Å²) in [6.07, 6.45) is 8.32. The second kappa shape index (κ2) is 7.89. The van der Waals surface area contributed by atoms with Gasteiger partial charge in [0.15, 0.2) is 0 Å². The standard InChI is InChI=1S/C22H25NO5/c24-20(25)15-26-12-10-21-6-8-22(9-7-21,27-16-21)17-3-1-4-18(13-17)28-19-5-2-11-23-14-19/h1-5,11,13-14H,6-10,12,15-16H2,(H,24,25). The number of pyridine rings is 1. The number of aromatic nitrogens is 1. The molecule has 0 amide bonds. The lowest BCUT2D eigenvalue weighted by atomic mass is 9.63. The number of fused-ring (bicyclic) bond motifs is 3. The van der Waals surface area contributed by atoms with Crippen LogP contribution in [0.5, 0.6) is 11.5 Å². The molecule has 0 unspecified atom stereocenters. The molecule has 3 fully saturated rings. The van der Waals surface area contributed by atoms with Gasteiger partial charge >= 0.3 is 5.97 Å². The van der Waals surface area contributed by atoms with Crippen molar-refractivity contribution in [2.24, 2.45) is 5.41 Å². The van der Waals surface area contributed by atoms with Crippen LogP contribution in [0.3, 0.4) is 0 Å². The summed E-state index contributed by atoms with van der Waals surface area (Å²) >= 11 is 0. The third kappa shape index (κ3) is 4.03. The third-order valence-electron chi connectivity index (χ3n) is 6.01. The number of rotatable bonds is 8. The van der Waals surface area contributed by atoms with E-state index in [2.05, 4.69) is 17.1 Å². The van der Waals surface area contributed by atoms with Crippen molar-refractivity contribution in [1.29, 1.82) is 0 Å². The molecule has 3 aliphatic rings. The molecule has 0 radical (unpaired) electrons. The average Bonchev–Trinajstić information content (AvgIpc) is 2.74. The number of ether oxygens (including phenoxy) is 3. The molecule has 6 heteroatoms. The summed E-state index contributed by atoms with van der Waals surface area (Å²) in [4.78, 5) is 14.7. The summed E-state index contributed by atoms with van der Waals surface area (Å²) < 4.78 is 17.6. The molecule has 2 aliphatic heterocycles. The number of hydrogen-bond donors (Lipinski definition) is 1. The Morgan fingerprint density at radius 2 is 1.96 bits per heavy atom. The molecule has 5 rings (SSSR count). The second-order valence-corrected chi connectivity index (χ2v) is 7.80. The number of aliphatic carboxylic acids is 1. The largest absolute Gasteiger partial charge is 0.480 e. The van der Waals surface area contributed by atoms with Crippen molar-refractivity contribution in [3.8, 4) is 11.5 Å². The number of carboxylic acid groups (broad SMARTS) is 1. The van der Waals surface area contributed by atoms with Crippen LogP contribution in [0.1, 0.15) is 37.7 Å². The highest BCUT2D eigenvalue weighted by atomic mass is 16.5. The minimum Gasteiger partial charge on any atom is -0.480 e. The van der Waals surface area contributed by atoms with E-state index in [4.69, 9.17) is 19.3 Å². The van der Waals surface area contributed by atoms with Gasteiger partial charge in [0.25, 0.3) is 0 Å². The highest BCUT2D eigenvalue weighted by molar-refractivity contribution is 5.67. The van der Waals surface area contributed by atoms with Gasteiger partial charge < -0.3 is 19.3 Å². The van der Waals surface area contributed by atoms with Crippen LogP contribution in [0.15, 0.2) is 48.8 Å². The van der Waals surface area contributed by atoms with Gasteiger partial charge in [-0.15, -0.1) is 0 Å². The van der Waals surface area contributed by atoms with Crippen molar-refractivity contribution in [3.05, 3.63) is 54.4 Å². The van der Waals surface area contributed by atoms with Gasteiger partial charge in [-0.2, -0.15) is 0 Å². The van der Waals surface area contributed by atoms with Crippen molar-refractivity contribution in [3.63, 3.8) is 0 Å². The van der Waals surface area contributed by atoms with Crippen molar-refractivity contribution < 1.29 is 24.1 Å². The molecule has 0 atom stereocenters. The zero-order valence-corrected chi connectivity index (χ0v) is 15.8. The fraction of sp³-hybridized carbons (Fsp3) is 0.455. The molecule has 1 saturated carbocycles. The van der Waals surface area contributed by atoms with E-state index in [0.29, 0.717) is 19.0 Å². The molecular formula is C22H25NO5. The quantitative estimate of drug-likeness (QED) is 0.690. The second-order valence-electron chi connectivity index (χ2n) is 7.80. The molecular weight excluding hydrogens is 358 g/mol. The number of hydrogen-bond acceptors (Lipinski definition) is 5. The Bertz CT molecular complexity index is 798. The molecule has 1 aromatic heterocycles. The minimum atomic E-state index is -0.923. The van der Waals surface area contributed by atoms with Crippen molar-refractivity contribution >= 4 is 5.97 Å². The van der Waals surface area contributed by atoms with Gasteiger partial charge in [0.05, 0.1) is 18.4 Å². The van der Waals surface area contributed by atoms with Crippen molar-refractivity contribution in [1.82, 2.24) is 4.98 Å². The molecule has 1 aromatic carbocycles. The van der Waals surface area contributed by atoms with Crippen LogP contribution in [0.25, 0.3) is 0 Å². The Hall–Kier alpha value is -2.44. The molecule has 2 aromatic rings. The Kier molecular flexibility index (Phi) is 5.33. The highest BCUT2D eigenvalue weighted by Crippen LogP contribution is 2.55. The van der Waals surface area contributed by atoms with Crippen LogP contribution in [0.2, 0.25) is 0 Å². The van der Waals surface area contributed by atoms with E-state index < -0.39 is 5.97 Å². The van der Waals surface area contributed by atoms with Gasteiger partial charge in [-0.3, -0.25) is 4.98 Å². The normalized spacial score (nSPS) is 26.1. The van der Waals surface area contributed by atoms with E-state index in [0.717, 1.165) is 43.4 Å². The maximum atomic E-state index is 10.6. The van der Waals surface area contributed by atoms with Gasteiger partial charge in [0.2, 0.25) is 0 Å². The molecule has 0 spiro atoms.